The summed E-state index contributed by atoms with van der Waals surface area (Å²) in [5.41, 5.74) is 7.36. The zero-order chi connectivity index (χ0) is 13.7. The molecule has 0 bridgehead atoms. The molecule has 100 valence electrons. The maximum Gasteiger partial charge on any atom is 0.146 e. The van der Waals surface area contributed by atoms with Crippen LogP contribution in [0.3, 0.4) is 0 Å². The number of methoxy groups -OCH3 is 1. The number of nitrogens with two attached hydrogens (primary N) is 1. The molecule has 0 spiro atoms. The lowest BCUT2D eigenvalue weighted by atomic mass is 10.2. The van der Waals surface area contributed by atoms with E-state index in [1.807, 2.05) is 24.3 Å². The molecule has 0 saturated heterocycles. The Kier molecular flexibility index (Phi) is 4.36. The third-order valence-corrected chi connectivity index (χ3v) is 2.76. The van der Waals surface area contributed by atoms with Crippen molar-refractivity contribution in [3.63, 3.8) is 0 Å². The molecule has 19 heavy (non-hydrogen) atoms. The SMILES string of the molecule is COc1ccc(COCc2ccc(N)c(F)c2)cc1. The fourth-order valence-corrected chi connectivity index (χ4v) is 1.67. The summed E-state index contributed by atoms with van der Waals surface area (Å²) in [7, 11) is 1.63. The monoisotopic (exact) mass is 261 g/mol. The lowest BCUT2D eigenvalue weighted by Crippen LogP contribution is -1.97. The molecule has 0 aliphatic carbocycles. The molecule has 2 aromatic carbocycles. The molecule has 0 fully saturated rings. The minimum Gasteiger partial charge on any atom is -0.497 e. The average Bonchev–Trinajstić information content (AvgIpc) is 2.43. The van der Waals surface area contributed by atoms with Gasteiger partial charge in [-0.25, -0.2) is 4.39 Å². The van der Waals surface area contributed by atoms with Gasteiger partial charge in [0, 0.05) is 0 Å². The molecular formula is C15H16FNO2. The molecule has 0 atom stereocenters. The highest BCUT2D eigenvalue weighted by molar-refractivity contribution is 5.41. The summed E-state index contributed by atoms with van der Waals surface area (Å²) in [6.07, 6.45) is 0. The van der Waals surface area contributed by atoms with Crippen LogP contribution in [0.2, 0.25) is 0 Å². The van der Waals surface area contributed by atoms with Crippen LogP contribution in [-0.4, -0.2) is 7.11 Å². The molecule has 0 aromatic heterocycles. The highest BCUT2D eigenvalue weighted by Gasteiger charge is 2.01. The first kappa shape index (κ1) is 13.4. The minimum atomic E-state index is -0.412. The van der Waals surface area contributed by atoms with Gasteiger partial charge < -0.3 is 15.2 Å². The number of ether oxygens (including phenoxy) is 2. The number of hydrogen-bond acceptors (Lipinski definition) is 3. The Morgan fingerprint density at radius 3 is 2.26 bits per heavy atom. The topological polar surface area (TPSA) is 44.5 Å². The third kappa shape index (κ3) is 3.69. The molecule has 0 aliphatic rings. The first-order valence-corrected chi connectivity index (χ1v) is 5.93. The van der Waals surface area contributed by atoms with E-state index in [9.17, 15) is 4.39 Å². The number of anilines is 1. The standard InChI is InChI=1S/C15H16FNO2/c1-18-13-5-2-11(3-6-13)9-19-10-12-4-7-15(17)14(16)8-12/h2-8H,9-10,17H2,1H3. The number of nitrogen functional groups attached to an aromatic ring is 1. The van der Waals surface area contributed by atoms with Gasteiger partial charge >= 0.3 is 0 Å². The maximum atomic E-state index is 13.2. The van der Waals surface area contributed by atoms with Gasteiger partial charge in [0.15, 0.2) is 0 Å². The Morgan fingerprint density at radius 1 is 1.00 bits per heavy atom. The number of hydrogen-bond donors (Lipinski definition) is 1. The molecule has 0 aliphatic heterocycles. The molecule has 3 nitrogen and oxygen atoms in total. The van der Waals surface area contributed by atoms with Crippen molar-refractivity contribution in [2.75, 3.05) is 12.8 Å². The predicted molar refractivity (Wildman–Crippen MR) is 72.3 cm³/mol. The Labute approximate surface area is 111 Å². The van der Waals surface area contributed by atoms with Gasteiger partial charge in [0.1, 0.15) is 11.6 Å². The summed E-state index contributed by atoms with van der Waals surface area (Å²) in [5.74, 6) is 0.398. The van der Waals surface area contributed by atoms with Gasteiger partial charge in [0.25, 0.3) is 0 Å². The number of halogens is 1. The van der Waals surface area contributed by atoms with Gasteiger partial charge in [-0.3, -0.25) is 0 Å². The van der Waals surface area contributed by atoms with E-state index >= 15 is 0 Å². The second-order valence-electron chi connectivity index (χ2n) is 4.20. The van der Waals surface area contributed by atoms with Crippen LogP contribution in [0.15, 0.2) is 42.5 Å². The van der Waals surface area contributed by atoms with E-state index in [0.29, 0.717) is 13.2 Å². The van der Waals surface area contributed by atoms with E-state index in [1.54, 1.807) is 19.2 Å². The van der Waals surface area contributed by atoms with Crippen LogP contribution in [0.25, 0.3) is 0 Å². The van der Waals surface area contributed by atoms with Crippen molar-refractivity contribution in [3.8, 4) is 5.75 Å². The van der Waals surface area contributed by atoms with Crippen LogP contribution >= 0.6 is 0 Å². The van der Waals surface area contributed by atoms with Gasteiger partial charge in [-0.15, -0.1) is 0 Å². The smallest absolute Gasteiger partial charge is 0.146 e. The molecule has 2 aromatic rings. The Bertz CT molecular complexity index is 540. The third-order valence-electron chi connectivity index (χ3n) is 2.76. The molecule has 0 unspecified atom stereocenters. The zero-order valence-corrected chi connectivity index (χ0v) is 10.7. The van der Waals surface area contributed by atoms with Crippen molar-refractivity contribution in [3.05, 3.63) is 59.4 Å². The summed E-state index contributed by atoms with van der Waals surface area (Å²) >= 11 is 0. The van der Waals surface area contributed by atoms with Crippen LogP contribution < -0.4 is 10.5 Å². The Balaban J connectivity index is 1.86. The molecule has 2 rings (SSSR count). The zero-order valence-electron chi connectivity index (χ0n) is 10.7. The normalized spacial score (nSPS) is 10.4. The summed E-state index contributed by atoms with van der Waals surface area (Å²) in [6, 6.07) is 12.3. The van der Waals surface area contributed by atoms with E-state index in [0.717, 1.165) is 16.9 Å². The van der Waals surface area contributed by atoms with Gasteiger partial charge in [0.05, 0.1) is 26.0 Å². The Morgan fingerprint density at radius 2 is 1.63 bits per heavy atom. The second-order valence-corrected chi connectivity index (χ2v) is 4.20. The lowest BCUT2D eigenvalue weighted by molar-refractivity contribution is 0.107. The number of benzene rings is 2. The lowest BCUT2D eigenvalue weighted by Gasteiger charge is -2.06. The predicted octanol–water partition coefficient (Wildman–Crippen LogP) is 3.13. The second kappa shape index (κ2) is 6.20. The summed E-state index contributed by atoms with van der Waals surface area (Å²) in [6.45, 7) is 0.819. The molecule has 0 radical (unpaired) electrons. The van der Waals surface area contributed by atoms with Gasteiger partial charge in [0.2, 0.25) is 0 Å². The van der Waals surface area contributed by atoms with E-state index in [2.05, 4.69) is 0 Å². The van der Waals surface area contributed by atoms with Crippen molar-refractivity contribution in [1.29, 1.82) is 0 Å². The maximum absolute atomic E-state index is 13.2. The van der Waals surface area contributed by atoms with Gasteiger partial charge in [-0.1, -0.05) is 18.2 Å². The summed E-state index contributed by atoms with van der Waals surface area (Å²) in [5, 5.41) is 0. The highest BCUT2D eigenvalue weighted by Crippen LogP contribution is 2.15. The van der Waals surface area contributed by atoms with E-state index in [1.165, 1.54) is 6.07 Å². The molecule has 4 heteroatoms. The fourth-order valence-electron chi connectivity index (χ4n) is 1.67. The van der Waals surface area contributed by atoms with Crippen LogP contribution in [0.4, 0.5) is 10.1 Å². The van der Waals surface area contributed by atoms with Gasteiger partial charge in [-0.05, 0) is 35.4 Å². The average molecular weight is 261 g/mol. The molecule has 2 N–H and O–H groups in total. The van der Waals surface area contributed by atoms with Crippen LogP contribution in [-0.2, 0) is 18.0 Å². The molecule has 0 amide bonds. The van der Waals surface area contributed by atoms with Crippen molar-refractivity contribution < 1.29 is 13.9 Å². The summed E-state index contributed by atoms with van der Waals surface area (Å²) in [4.78, 5) is 0. The first-order chi connectivity index (χ1) is 9.19. The minimum absolute atomic E-state index is 0.152. The van der Waals surface area contributed by atoms with E-state index in [4.69, 9.17) is 15.2 Å². The fraction of sp³-hybridized carbons (Fsp3) is 0.200. The van der Waals surface area contributed by atoms with E-state index < -0.39 is 5.82 Å². The first-order valence-electron chi connectivity index (χ1n) is 5.93. The van der Waals surface area contributed by atoms with Crippen LogP contribution in [0, 0.1) is 5.82 Å². The van der Waals surface area contributed by atoms with Crippen molar-refractivity contribution in [1.82, 2.24) is 0 Å². The molecular weight excluding hydrogens is 245 g/mol. The largest absolute Gasteiger partial charge is 0.497 e. The molecule has 0 heterocycles. The quantitative estimate of drug-likeness (QED) is 0.841. The van der Waals surface area contributed by atoms with Crippen LogP contribution in [0.5, 0.6) is 5.75 Å². The van der Waals surface area contributed by atoms with Crippen LogP contribution in [0.1, 0.15) is 11.1 Å². The highest BCUT2D eigenvalue weighted by atomic mass is 19.1. The number of rotatable bonds is 5. The van der Waals surface area contributed by atoms with Crippen molar-refractivity contribution in [2.45, 2.75) is 13.2 Å². The van der Waals surface area contributed by atoms with Crippen molar-refractivity contribution >= 4 is 5.69 Å². The summed E-state index contributed by atoms with van der Waals surface area (Å²) < 4.78 is 23.8. The van der Waals surface area contributed by atoms with E-state index in [-0.39, 0.29) is 5.69 Å². The molecule has 0 saturated carbocycles. The van der Waals surface area contributed by atoms with Crippen molar-refractivity contribution in [2.24, 2.45) is 0 Å². The van der Waals surface area contributed by atoms with Gasteiger partial charge in [-0.2, -0.15) is 0 Å². The Hall–Kier alpha value is -2.07.